The normalized spacial score (nSPS) is 10.5. The van der Waals surface area contributed by atoms with Crippen LogP contribution >= 0.6 is 0 Å². The van der Waals surface area contributed by atoms with E-state index in [2.05, 4.69) is 23.2 Å². The first-order valence-electron chi connectivity index (χ1n) is 8.84. The number of methoxy groups -OCH3 is 2. The molecule has 2 aromatic carbocycles. The molecular formula is C22H24N2O2. The van der Waals surface area contributed by atoms with Crippen LogP contribution in [0.2, 0.25) is 0 Å². The Morgan fingerprint density at radius 2 is 1.69 bits per heavy atom. The quantitative estimate of drug-likeness (QED) is 0.616. The van der Waals surface area contributed by atoms with Crippen LogP contribution in [0.25, 0.3) is 0 Å². The highest BCUT2D eigenvalue weighted by Crippen LogP contribution is 2.19. The highest BCUT2D eigenvalue weighted by Gasteiger charge is 2.05. The van der Waals surface area contributed by atoms with Gasteiger partial charge < -0.3 is 9.47 Å². The van der Waals surface area contributed by atoms with Gasteiger partial charge in [0.05, 0.1) is 14.2 Å². The number of aromatic nitrogens is 2. The first-order valence-corrected chi connectivity index (χ1v) is 8.84. The van der Waals surface area contributed by atoms with Gasteiger partial charge in [-0.1, -0.05) is 30.3 Å². The van der Waals surface area contributed by atoms with Gasteiger partial charge in [-0.05, 0) is 54.7 Å². The Labute approximate surface area is 154 Å². The van der Waals surface area contributed by atoms with Crippen LogP contribution in [0.15, 0.2) is 60.8 Å². The number of para-hydroxylation sites is 1. The Morgan fingerprint density at radius 1 is 0.808 bits per heavy atom. The summed E-state index contributed by atoms with van der Waals surface area (Å²) in [5.41, 5.74) is 3.50. The number of aryl methyl sites for hydroxylation is 4. The molecule has 0 unspecified atom stereocenters. The Bertz CT molecular complexity index is 849. The molecule has 1 heterocycles. The van der Waals surface area contributed by atoms with E-state index in [1.54, 1.807) is 14.2 Å². The zero-order valence-electron chi connectivity index (χ0n) is 15.3. The maximum atomic E-state index is 5.41. The van der Waals surface area contributed by atoms with Crippen LogP contribution in [0.4, 0.5) is 0 Å². The van der Waals surface area contributed by atoms with Crippen molar-refractivity contribution in [1.82, 2.24) is 9.97 Å². The van der Waals surface area contributed by atoms with Gasteiger partial charge in [0.1, 0.15) is 17.3 Å². The van der Waals surface area contributed by atoms with Crippen LogP contribution in [0, 0.1) is 0 Å². The smallest absolute Gasteiger partial charge is 0.128 e. The van der Waals surface area contributed by atoms with Crippen LogP contribution in [0.1, 0.15) is 22.6 Å². The van der Waals surface area contributed by atoms with E-state index in [4.69, 9.17) is 14.5 Å². The van der Waals surface area contributed by atoms with Crippen LogP contribution in [-0.4, -0.2) is 24.2 Å². The molecule has 0 fully saturated rings. The second-order valence-corrected chi connectivity index (χ2v) is 6.13. The van der Waals surface area contributed by atoms with E-state index in [0.29, 0.717) is 0 Å². The Hall–Kier alpha value is -2.88. The van der Waals surface area contributed by atoms with Crippen molar-refractivity contribution in [2.45, 2.75) is 25.7 Å². The largest absolute Gasteiger partial charge is 0.497 e. The minimum atomic E-state index is 0.799. The van der Waals surface area contributed by atoms with Crippen LogP contribution in [-0.2, 0) is 25.7 Å². The van der Waals surface area contributed by atoms with Gasteiger partial charge in [-0.25, -0.2) is 9.97 Å². The van der Waals surface area contributed by atoms with Gasteiger partial charge in [-0.15, -0.1) is 0 Å². The molecule has 0 aliphatic rings. The standard InChI is InChI=1S/C22H24N2O2/c1-25-20-8-5-6-17(16-20)10-12-19-14-15-23-22(24-19)13-11-18-7-3-4-9-21(18)26-2/h3-9,14-16H,10-13H2,1-2H3. The van der Waals surface area contributed by atoms with E-state index in [9.17, 15) is 0 Å². The van der Waals surface area contributed by atoms with E-state index >= 15 is 0 Å². The first-order chi connectivity index (χ1) is 12.8. The predicted molar refractivity (Wildman–Crippen MR) is 103 cm³/mol. The SMILES string of the molecule is COc1cccc(CCc2ccnc(CCc3ccccc3OC)n2)c1. The molecule has 4 heteroatoms. The lowest BCUT2D eigenvalue weighted by atomic mass is 10.1. The number of hydrogen-bond donors (Lipinski definition) is 0. The van der Waals surface area contributed by atoms with Gasteiger partial charge in [0, 0.05) is 18.3 Å². The molecule has 3 aromatic rings. The summed E-state index contributed by atoms with van der Waals surface area (Å²) in [6, 6.07) is 18.3. The molecule has 0 radical (unpaired) electrons. The summed E-state index contributed by atoms with van der Waals surface area (Å²) in [7, 11) is 3.39. The van der Waals surface area contributed by atoms with E-state index < -0.39 is 0 Å². The van der Waals surface area contributed by atoms with Crippen LogP contribution < -0.4 is 9.47 Å². The third kappa shape index (κ3) is 4.82. The van der Waals surface area contributed by atoms with Crippen molar-refractivity contribution >= 4 is 0 Å². The van der Waals surface area contributed by atoms with Crippen molar-refractivity contribution in [2.24, 2.45) is 0 Å². The molecule has 0 amide bonds. The van der Waals surface area contributed by atoms with Gasteiger partial charge in [0.2, 0.25) is 0 Å². The molecule has 134 valence electrons. The van der Waals surface area contributed by atoms with E-state index in [0.717, 1.165) is 48.7 Å². The van der Waals surface area contributed by atoms with E-state index in [-0.39, 0.29) is 0 Å². The van der Waals surface area contributed by atoms with Crippen molar-refractivity contribution in [1.29, 1.82) is 0 Å². The highest BCUT2D eigenvalue weighted by atomic mass is 16.5. The summed E-state index contributed by atoms with van der Waals surface area (Å²) in [4.78, 5) is 9.14. The Balaban J connectivity index is 1.61. The molecule has 4 nitrogen and oxygen atoms in total. The van der Waals surface area contributed by atoms with Crippen LogP contribution in [0.3, 0.4) is 0 Å². The van der Waals surface area contributed by atoms with Gasteiger partial charge in [0.15, 0.2) is 0 Å². The molecule has 0 atom stereocenters. The van der Waals surface area contributed by atoms with E-state index in [1.807, 2.05) is 42.6 Å². The molecule has 0 N–H and O–H groups in total. The molecule has 3 rings (SSSR count). The average molecular weight is 348 g/mol. The summed E-state index contributed by atoms with van der Waals surface area (Å²) in [6.45, 7) is 0. The van der Waals surface area contributed by atoms with Crippen molar-refractivity contribution in [3.05, 3.63) is 83.4 Å². The predicted octanol–water partition coefficient (Wildman–Crippen LogP) is 4.06. The number of nitrogens with zero attached hydrogens (tertiary/aromatic N) is 2. The van der Waals surface area contributed by atoms with Crippen molar-refractivity contribution in [3.8, 4) is 11.5 Å². The third-order valence-corrected chi connectivity index (χ3v) is 4.38. The molecule has 0 spiro atoms. The number of hydrogen-bond acceptors (Lipinski definition) is 4. The van der Waals surface area contributed by atoms with Gasteiger partial charge >= 0.3 is 0 Å². The van der Waals surface area contributed by atoms with Crippen molar-refractivity contribution in [3.63, 3.8) is 0 Å². The summed E-state index contributed by atoms with van der Waals surface area (Å²) in [5, 5.41) is 0. The summed E-state index contributed by atoms with van der Waals surface area (Å²) < 4.78 is 10.7. The molecule has 0 saturated carbocycles. The second kappa shape index (κ2) is 8.99. The third-order valence-electron chi connectivity index (χ3n) is 4.38. The lowest BCUT2D eigenvalue weighted by molar-refractivity contribution is 0.409. The van der Waals surface area contributed by atoms with Gasteiger partial charge in [0.25, 0.3) is 0 Å². The molecule has 0 saturated heterocycles. The highest BCUT2D eigenvalue weighted by molar-refractivity contribution is 5.33. The zero-order chi connectivity index (χ0) is 18.2. The number of ether oxygens (including phenoxy) is 2. The lowest BCUT2D eigenvalue weighted by Gasteiger charge is -2.08. The molecule has 0 aliphatic carbocycles. The number of benzene rings is 2. The monoisotopic (exact) mass is 348 g/mol. The zero-order valence-corrected chi connectivity index (χ0v) is 15.3. The van der Waals surface area contributed by atoms with Crippen molar-refractivity contribution < 1.29 is 9.47 Å². The summed E-state index contributed by atoms with van der Waals surface area (Å²) in [6.07, 6.45) is 5.33. The van der Waals surface area contributed by atoms with Gasteiger partial charge in [-0.3, -0.25) is 0 Å². The van der Waals surface area contributed by atoms with E-state index in [1.165, 1.54) is 11.1 Å². The van der Waals surface area contributed by atoms with Crippen LogP contribution in [0.5, 0.6) is 11.5 Å². The minimum Gasteiger partial charge on any atom is -0.497 e. The Morgan fingerprint density at radius 3 is 2.54 bits per heavy atom. The molecule has 0 bridgehead atoms. The second-order valence-electron chi connectivity index (χ2n) is 6.13. The summed E-state index contributed by atoms with van der Waals surface area (Å²) in [5.74, 6) is 2.68. The molecular weight excluding hydrogens is 324 g/mol. The summed E-state index contributed by atoms with van der Waals surface area (Å²) >= 11 is 0. The Kier molecular flexibility index (Phi) is 6.20. The fraction of sp³-hybridized carbons (Fsp3) is 0.273. The molecule has 1 aromatic heterocycles. The lowest BCUT2D eigenvalue weighted by Crippen LogP contribution is -2.03. The fourth-order valence-corrected chi connectivity index (χ4v) is 2.96. The minimum absolute atomic E-state index is 0.799. The van der Waals surface area contributed by atoms with Crippen molar-refractivity contribution in [2.75, 3.05) is 14.2 Å². The average Bonchev–Trinajstić information content (AvgIpc) is 2.71. The van der Waals surface area contributed by atoms with Gasteiger partial charge in [-0.2, -0.15) is 0 Å². The fourth-order valence-electron chi connectivity index (χ4n) is 2.96. The molecule has 26 heavy (non-hydrogen) atoms. The number of rotatable bonds is 8. The molecule has 0 aliphatic heterocycles. The maximum absolute atomic E-state index is 5.41. The topological polar surface area (TPSA) is 44.2 Å². The first kappa shape index (κ1) is 17.9. The maximum Gasteiger partial charge on any atom is 0.128 e.